The number of likely N-dealkylation sites (N-methyl/N-ethyl adjacent to an activating group) is 1. The summed E-state index contributed by atoms with van der Waals surface area (Å²) in [7, 11) is 2.10. The summed E-state index contributed by atoms with van der Waals surface area (Å²) >= 11 is 7.57. The molecule has 162 valence electrons. The summed E-state index contributed by atoms with van der Waals surface area (Å²) in [6.45, 7) is 5.60. The Balaban J connectivity index is 1.37. The van der Waals surface area contributed by atoms with Crippen LogP contribution in [0.2, 0.25) is 5.02 Å². The number of benzene rings is 1. The molecule has 1 fully saturated rings. The molecule has 3 aromatic rings. The Bertz CT molecular complexity index is 1050. The molecule has 0 spiro atoms. The molecular weight excluding hydrogens is 436 g/mol. The lowest BCUT2D eigenvalue weighted by atomic mass is 10.2. The molecule has 2 N–H and O–H groups in total. The first-order valence-electron chi connectivity index (χ1n) is 9.87. The molecule has 9 nitrogen and oxygen atoms in total. The summed E-state index contributed by atoms with van der Waals surface area (Å²) in [5, 5.41) is 7.12. The summed E-state index contributed by atoms with van der Waals surface area (Å²) in [6, 6.07) is 5.51. The normalized spacial score (nSPS) is 14.5. The number of anilines is 4. The fourth-order valence-electron chi connectivity index (χ4n) is 3.18. The molecular formula is C20H23ClN8OS. The number of aromatic nitrogens is 4. The van der Waals surface area contributed by atoms with Crippen LogP contribution in [0.15, 0.2) is 30.7 Å². The van der Waals surface area contributed by atoms with Crippen LogP contribution in [-0.2, 0) is 11.2 Å². The molecule has 0 saturated carbocycles. The van der Waals surface area contributed by atoms with Crippen molar-refractivity contribution in [3.63, 3.8) is 0 Å². The van der Waals surface area contributed by atoms with Gasteiger partial charge in [0.05, 0.1) is 17.1 Å². The van der Waals surface area contributed by atoms with E-state index in [2.05, 4.69) is 47.4 Å². The third-order valence-electron chi connectivity index (χ3n) is 4.94. The average Bonchev–Trinajstić information content (AvgIpc) is 3.18. The number of hydrogen-bond donors (Lipinski definition) is 2. The van der Waals surface area contributed by atoms with Gasteiger partial charge in [-0.1, -0.05) is 23.7 Å². The maximum absolute atomic E-state index is 12.4. The van der Waals surface area contributed by atoms with Crippen LogP contribution in [0.25, 0.3) is 0 Å². The van der Waals surface area contributed by atoms with Gasteiger partial charge in [-0.3, -0.25) is 10.1 Å². The average molecular weight is 459 g/mol. The van der Waals surface area contributed by atoms with E-state index in [9.17, 15) is 4.79 Å². The van der Waals surface area contributed by atoms with Gasteiger partial charge in [0.15, 0.2) is 5.13 Å². The van der Waals surface area contributed by atoms with Gasteiger partial charge in [-0.25, -0.2) is 15.0 Å². The number of thiazole rings is 1. The highest BCUT2D eigenvalue weighted by Crippen LogP contribution is 2.26. The predicted octanol–water partition coefficient (Wildman–Crippen LogP) is 2.97. The van der Waals surface area contributed by atoms with Crippen molar-refractivity contribution in [2.45, 2.75) is 13.3 Å². The standard InChI is InChI=1S/C20H23ClN8OS/c1-13-4-3-5-15(21)17(13)25-16(30)10-14-11-22-20(31-14)27-18-23-12-24-19(26-18)29-8-6-28(2)7-9-29/h3-5,11-12H,6-10H2,1-2H3,(H,25,30)(H,22,23,24,26,27). The van der Waals surface area contributed by atoms with Gasteiger partial charge < -0.3 is 15.1 Å². The molecule has 1 aromatic carbocycles. The van der Waals surface area contributed by atoms with Gasteiger partial charge in [-0.15, -0.1) is 11.3 Å². The second-order valence-corrected chi connectivity index (χ2v) is 8.84. The van der Waals surface area contributed by atoms with E-state index in [4.69, 9.17) is 11.6 Å². The minimum atomic E-state index is -0.149. The summed E-state index contributed by atoms with van der Waals surface area (Å²) in [5.41, 5.74) is 1.55. The Morgan fingerprint density at radius 3 is 2.77 bits per heavy atom. The van der Waals surface area contributed by atoms with Crippen molar-refractivity contribution in [2.24, 2.45) is 0 Å². The second-order valence-electron chi connectivity index (χ2n) is 7.31. The highest BCUT2D eigenvalue weighted by molar-refractivity contribution is 7.15. The van der Waals surface area contributed by atoms with E-state index in [1.807, 2.05) is 19.1 Å². The van der Waals surface area contributed by atoms with E-state index in [1.165, 1.54) is 17.7 Å². The van der Waals surface area contributed by atoms with Gasteiger partial charge in [0.2, 0.25) is 17.8 Å². The molecule has 1 aliphatic heterocycles. The van der Waals surface area contributed by atoms with Gasteiger partial charge in [0.1, 0.15) is 6.33 Å². The van der Waals surface area contributed by atoms with Crippen molar-refractivity contribution in [1.82, 2.24) is 24.8 Å². The van der Waals surface area contributed by atoms with E-state index < -0.39 is 0 Å². The Labute approximate surface area is 189 Å². The van der Waals surface area contributed by atoms with E-state index in [1.54, 1.807) is 12.3 Å². The minimum Gasteiger partial charge on any atom is -0.338 e. The van der Waals surface area contributed by atoms with Gasteiger partial charge in [-0.2, -0.15) is 4.98 Å². The van der Waals surface area contributed by atoms with Crippen LogP contribution in [0.4, 0.5) is 22.7 Å². The van der Waals surface area contributed by atoms with Crippen LogP contribution >= 0.6 is 22.9 Å². The number of carbonyl (C=O) groups is 1. The third-order valence-corrected chi connectivity index (χ3v) is 6.17. The highest BCUT2D eigenvalue weighted by atomic mass is 35.5. The number of hydrogen-bond acceptors (Lipinski definition) is 9. The highest BCUT2D eigenvalue weighted by Gasteiger charge is 2.17. The van der Waals surface area contributed by atoms with Crippen LogP contribution in [-0.4, -0.2) is 64.0 Å². The molecule has 1 saturated heterocycles. The monoisotopic (exact) mass is 458 g/mol. The second kappa shape index (κ2) is 9.54. The first kappa shape index (κ1) is 21.4. The van der Waals surface area contributed by atoms with Crippen molar-refractivity contribution >= 4 is 51.6 Å². The number of carbonyl (C=O) groups excluding carboxylic acids is 1. The zero-order valence-electron chi connectivity index (χ0n) is 17.3. The summed E-state index contributed by atoms with van der Waals surface area (Å²) in [4.78, 5) is 35.0. The number of rotatable bonds is 6. The molecule has 0 unspecified atom stereocenters. The molecule has 1 aliphatic rings. The van der Waals surface area contributed by atoms with Crippen LogP contribution in [0.5, 0.6) is 0 Å². The molecule has 0 atom stereocenters. The fourth-order valence-corrected chi connectivity index (χ4v) is 4.26. The summed E-state index contributed by atoms with van der Waals surface area (Å²) < 4.78 is 0. The first-order valence-corrected chi connectivity index (χ1v) is 11.1. The lowest BCUT2D eigenvalue weighted by molar-refractivity contribution is -0.115. The smallest absolute Gasteiger partial charge is 0.233 e. The maximum atomic E-state index is 12.4. The van der Waals surface area contributed by atoms with Crippen LogP contribution in [0.3, 0.4) is 0 Å². The Kier molecular flexibility index (Phi) is 6.59. The van der Waals surface area contributed by atoms with E-state index in [-0.39, 0.29) is 12.3 Å². The van der Waals surface area contributed by atoms with E-state index >= 15 is 0 Å². The molecule has 11 heteroatoms. The van der Waals surface area contributed by atoms with Crippen molar-refractivity contribution in [2.75, 3.05) is 48.8 Å². The Morgan fingerprint density at radius 2 is 2.00 bits per heavy atom. The number of nitrogens with zero attached hydrogens (tertiary/aromatic N) is 6. The summed E-state index contributed by atoms with van der Waals surface area (Å²) in [5.74, 6) is 0.932. The van der Waals surface area contributed by atoms with Crippen LogP contribution in [0, 0.1) is 6.92 Å². The number of amides is 1. The lowest BCUT2D eigenvalue weighted by Gasteiger charge is -2.32. The molecule has 0 bridgehead atoms. The molecule has 1 amide bonds. The predicted molar refractivity (Wildman–Crippen MR) is 123 cm³/mol. The number of para-hydroxylation sites is 1. The SMILES string of the molecule is Cc1cccc(Cl)c1NC(=O)Cc1cnc(Nc2ncnc(N3CCN(C)CC3)n2)s1. The zero-order valence-corrected chi connectivity index (χ0v) is 18.9. The van der Waals surface area contributed by atoms with Crippen molar-refractivity contribution in [1.29, 1.82) is 0 Å². The lowest BCUT2D eigenvalue weighted by Crippen LogP contribution is -2.45. The third kappa shape index (κ3) is 5.46. The first-order chi connectivity index (χ1) is 15.0. The number of aryl methyl sites for hydroxylation is 1. The quantitative estimate of drug-likeness (QED) is 0.581. The maximum Gasteiger partial charge on any atom is 0.233 e. The van der Waals surface area contributed by atoms with Crippen molar-refractivity contribution in [3.05, 3.63) is 46.2 Å². The largest absolute Gasteiger partial charge is 0.338 e. The Morgan fingerprint density at radius 1 is 1.19 bits per heavy atom. The number of piperazine rings is 1. The van der Waals surface area contributed by atoms with Crippen LogP contribution in [0.1, 0.15) is 10.4 Å². The minimum absolute atomic E-state index is 0.149. The zero-order chi connectivity index (χ0) is 21.8. The van der Waals surface area contributed by atoms with E-state index in [0.717, 1.165) is 36.6 Å². The van der Waals surface area contributed by atoms with Gasteiger partial charge in [-0.05, 0) is 25.6 Å². The molecule has 0 radical (unpaired) electrons. The van der Waals surface area contributed by atoms with Gasteiger partial charge in [0.25, 0.3) is 0 Å². The van der Waals surface area contributed by atoms with Gasteiger partial charge in [0, 0.05) is 37.3 Å². The molecule has 3 heterocycles. The molecule has 4 rings (SSSR count). The topological polar surface area (TPSA) is 99.2 Å². The van der Waals surface area contributed by atoms with Gasteiger partial charge >= 0.3 is 0 Å². The van der Waals surface area contributed by atoms with Crippen molar-refractivity contribution < 1.29 is 4.79 Å². The van der Waals surface area contributed by atoms with Crippen molar-refractivity contribution in [3.8, 4) is 0 Å². The molecule has 0 aliphatic carbocycles. The molecule has 2 aromatic heterocycles. The molecule has 31 heavy (non-hydrogen) atoms. The number of halogens is 1. The Hall–Kier alpha value is -2.82. The number of nitrogens with one attached hydrogen (secondary N) is 2. The fraction of sp³-hybridized carbons (Fsp3) is 0.350. The summed E-state index contributed by atoms with van der Waals surface area (Å²) in [6.07, 6.45) is 3.37. The van der Waals surface area contributed by atoms with Crippen LogP contribution < -0.4 is 15.5 Å². The van der Waals surface area contributed by atoms with E-state index in [0.29, 0.717) is 27.7 Å².